The quantitative estimate of drug-likeness (QED) is 0.0264. The molecule has 1 fully saturated rings. The van der Waals surface area contributed by atoms with Gasteiger partial charge in [0, 0.05) is 147 Å². The lowest BCUT2D eigenvalue weighted by molar-refractivity contribution is -0.125. The number of hydrogen-bond acceptors (Lipinski definition) is 18. The van der Waals surface area contributed by atoms with Crippen molar-refractivity contribution in [3.05, 3.63) is 106 Å². The molecule has 0 spiro atoms. The second kappa shape index (κ2) is 64.0. The first-order chi connectivity index (χ1) is 43.7. The van der Waals surface area contributed by atoms with Crippen molar-refractivity contribution in [2.75, 3.05) is 121 Å². The van der Waals surface area contributed by atoms with Crippen molar-refractivity contribution >= 4 is 58.0 Å². The summed E-state index contributed by atoms with van der Waals surface area (Å²) in [7, 11) is 23.8. The van der Waals surface area contributed by atoms with Crippen LogP contribution < -0.4 is 58.5 Å². The topological polar surface area (TPSA) is 300 Å². The third-order valence-electron chi connectivity index (χ3n) is 13.1. The number of benzene rings is 3. The standard InChI is InChI=1S/C12H21NO3.C11H16N2O.C10H12O.C9H11NO.C7H17N3O.C7H19N3.C5H10.C4H7N3.C3H6O.C2H7N/c1-4-10(14)6-9(7-11(15)5-2)8-12(16)13-3;1-4-8-5-9(11(14)13-3)7-10(6-8)12-2;1-3-9-5-4-6-10(7-9)8(2)11;1-7(11)8-3-5-9(10-2)6-4-8;1-8-5-6(9-2)4-7(11)10-3;1-8-4-7(5-9-2)6-10-3;1-2-4-5-3-1;1-4-3-7(2)6-5-4;1-3(2)4;1-3-2/h9H,4-8H2,1-3H3,(H,13,16);5-7,12H,4H2,1-3H3,(H,13,14);4-7H,3H2,1-2H3;3-6,10H,1-2H3;6,8-9H,4-5H2,1-3H3,(H,10,11);7-10H,4-6H2,1-3H3;1-5H2;3H,1-2H3;1-2H3;3H,1-2H3. The van der Waals surface area contributed by atoms with E-state index < -0.39 is 0 Å². The van der Waals surface area contributed by atoms with Crippen LogP contribution in [0.2, 0.25) is 0 Å². The molecule has 1 unspecified atom stereocenters. The number of nitrogens with zero attached hydrogens (tertiary/aromatic N) is 3. The Bertz CT molecular complexity index is 2430. The molecule has 1 saturated carbocycles. The highest BCUT2D eigenvalue weighted by Gasteiger charge is 2.19. The highest BCUT2D eigenvalue weighted by atomic mass is 16.2. The maximum absolute atomic E-state index is 11.4. The van der Waals surface area contributed by atoms with Crippen LogP contribution >= 0.6 is 0 Å². The van der Waals surface area contributed by atoms with E-state index in [1.807, 2.05) is 150 Å². The lowest BCUT2D eigenvalue weighted by Crippen LogP contribution is -2.39. The van der Waals surface area contributed by atoms with Crippen LogP contribution in [0, 0.1) is 18.8 Å². The zero-order chi connectivity index (χ0) is 71.2. The Hall–Kier alpha value is -7.08. The molecule has 22 heteroatoms. The Labute approximate surface area is 555 Å². The Morgan fingerprint density at radius 2 is 0.924 bits per heavy atom. The molecule has 1 aliphatic rings. The lowest BCUT2D eigenvalue weighted by Gasteiger charge is -2.14. The van der Waals surface area contributed by atoms with E-state index in [2.05, 4.69) is 82.6 Å². The number of nitrogens with one attached hydrogen (secondary N) is 11. The van der Waals surface area contributed by atoms with E-state index in [9.17, 15) is 38.4 Å². The van der Waals surface area contributed by atoms with Gasteiger partial charge in [0.2, 0.25) is 11.8 Å². The van der Waals surface area contributed by atoms with Crippen LogP contribution in [0.4, 0.5) is 11.4 Å². The third kappa shape index (κ3) is 56.9. The van der Waals surface area contributed by atoms with Gasteiger partial charge in [0.1, 0.15) is 17.3 Å². The molecule has 1 aliphatic carbocycles. The molecule has 3 aromatic carbocycles. The molecule has 22 nitrogen and oxygen atoms in total. The fraction of sp³-hybridized carbons (Fsp3) is 0.600. The molecule has 1 aromatic heterocycles. The zero-order valence-electron chi connectivity index (χ0n) is 60.8. The van der Waals surface area contributed by atoms with E-state index >= 15 is 0 Å². The number of aryl methyl sites for hydroxylation is 4. The average Bonchev–Trinajstić information content (AvgIpc) is 2.22. The van der Waals surface area contributed by atoms with Crippen molar-refractivity contribution in [2.24, 2.45) is 18.9 Å². The van der Waals surface area contributed by atoms with Crippen LogP contribution in [0.3, 0.4) is 0 Å². The van der Waals surface area contributed by atoms with E-state index in [-0.39, 0.29) is 65.0 Å². The summed E-state index contributed by atoms with van der Waals surface area (Å²) in [6.45, 7) is 19.9. The van der Waals surface area contributed by atoms with Crippen LogP contribution in [-0.4, -0.2) is 178 Å². The van der Waals surface area contributed by atoms with Gasteiger partial charge in [-0.25, -0.2) is 0 Å². The SMILES string of the molecule is C1CCCC1.CC(C)=O.CCC(=O)CC(CC(=O)CC)CC(=O)NC.CCc1cc(NC)cc(C(=O)NC)c1.CCc1cccc(C(C)=O)c1.CNC.CNCC(CC(=O)NC)NC.CNCC(CNC)CNC.CNc1ccc(C(C)=O)cc1.Cc1cn(C)nn1. The number of carbonyl (C=O) groups is 8. The van der Waals surface area contributed by atoms with E-state index in [0.29, 0.717) is 43.6 Å². The predicted molar refractivity (Wildman–Crippen MR) is 383 cm³/mol. The summed E-state index contributed by atoms with van der Waals surface area (Å²) in [4.78, 5) is 87.3. The van der Waals surface area contributed by atoms with E-state index in [0.717, 1.165) is 72.8 Å². The summed E-state index contributed by atoms with van der Waals surface area (Å²) in [5.41, 5.74) is 7.61. The van der Waals surface area contributed by atoms with Gasteiger partial charge in [-0.05, 0) is 168 Å². The predicted octanol–water partition coefficient (Wildman–Crippen LogP) is 8.21. The molecule has 0 bridgehead atoms. The summed E-state index contributed by atoms with van der Waals surface area (Å²) in [6, 6.07) is 21.2. The number of anilines is 2. The van der Waals surface area contributed by atoms with E-state index in [1.165, 1.54) is 51.5 Å². The van der Waals surface area contributed by atoms with Gasteiger partial charge in [0.15, 0.2) is 11.6 Å². The fourth-order valence-corrected chi connectivity index (χ4v) is 7.99. The molecule has 0 saturated heterocycles. The van der Waals surface area contributed by atoms with Crippen LogP contribution in [0.25, 0.3) is 0 Å². The summed E-state index contributed by atoms with van der Waals surface area (Å²) in [5, 5.41) is 39.4. The smallest absolute Gasteiger partial charge is 0.251 e. The number of hydrogen-bond donors (Lipinski definition) is 11. The van der Waals surface area contributed by atoms with Crippen molar-refractivity contribution in [2.45, 2.75) is 152 Å². The summed E-state index contributed by atoms with van der Waals surface area (Å²) < 4.78 is 1.68. The van der Waals surface area contributed by atoms with Gasteiger partial charge < -0.3 is 63.3 Å². The average molecular weight is 1290 g/mol. The number of Topliss-reactive ketones (excluding diaryl/α,β-unsaturated/α-hetero) is 5. The first-order valence-electron chi connectivity index (χ1n) is 32.3. The number of rotatable bonds is 26. The summed E-state index contributed by atoms with van der Waals surface area (Å²) in [5.74, 6) is 1.10. The summed E-state index contributed by atoms with van der Waals surface area (Å²) in [6.07, 6.45) is 13.6. The van der Waals surface area contributed by atoms with Crippen molar-refractivity contribution in [1.82, 2.24) is 62.8 Å². The number of ketones is 5. The molecule has 92 heavy (non-hydrogen) atoms. The zero-order valence-corrected chi connectivity index (χ0v) is 60.8. The first-order valence-corrected chi connectivity index (χ1v) is 32.3. The van der Waals surface area contributed by atoms with Crippen LogP contribution in [-0.2, 0) is 43.9 Å². The minimum absolute atomic E-state index is 0.0446. The minimum Gasteiger partial charge on any atom is -0.388 e. The van der Waals surface area contributed by atoms with Gasteiger partial charge >= 0.3 is 0 Å². The molecule has 524 valence electrons. The number of likely N-dealkylation sites (N-methyl/N-ethyl adjacent to an activating group) is 2. The monoisotopic (exact) mass is 1290 g/mol. The molecule has 0 aliphatic heterocycles. The van der Waals surface area contributed by atoms with Crippen molar-refractivity contribution < 1.29 is 38.4 Å². The molecule has 3 amide bonds. The largest absolute Gasteiger partial charge is 0.388 e. The van der Waals surface area contributed by atoms with Crippen LogP contribution in [0.5, 0.6) is 0 Å². The van der Waals surface area contributed by atoms with Gasteiger partial charge in [-0.3, -0.25) is 38.2 Å². The van der Waals surface area contributed by atoms with Crippen LogP contribution in [0.1, 0.15) is 174 Å². The maximum Gasteiger partial charge on any atom is 0.251 e. The second-order valence-electron chi connectivity index (χ2n) is 21.7. The van der Waals surface area contributed by atoms with E-state index in [1.54, 1.807) is 53.5 Å². The first kappa shape index (κ1) is 93.6. The highest BCUT2D eigenvalue weighted by Crippen LogP contribution is 2.18. The molecule has 1 heterocycles. The molecular formula is C70H126N14O8. The summed E-state index contributed by atoms with van der Waals surface area (Å²) >= 11 is 0. The van der Waals surface area contributed by atoms with Gasteiger partial charge in [-0.1, -0.05) is 83.2 Å². The van der Waals surface area contributed by atoms with E-state index in [4.69, 9.17) is 0 Å². The van der Waals surface area contributed by atoms with Crippen molar-refractivity contribution in [1.29, 1.82) is 0 Å². The van der Waals surface area contributed by atoms with Gasteiger partial charge in [-0.15, -0.1) is 5.10 Å². The van der Waals surface area contributed by atoms with Crippen molar-refractivity contribution in [3.63, 3.8) is 0 Å². The Morgan fingerprint density at radius 1 is 0.489 bits per heavy atom. The Balaban J connectivity index is -0.000000313. The fourth-order valence-electron chi connectivity index (χ4n) is 7.99. The Kier molecular flexibility index (Phi) is 65.2. The number of aromatic nitrogens is 3. The molecule has 1 atom stereocenters. The molecular weight excluding hydrogens is 1160 g/mol. The van der Waals surface area contributed by atoms with Gasteiger partial charge in [0.25, 0.3) is 5.91 Å². The Morgan fingerprint density at radius 3 is 1.25 bits per heavy atom. The van der Waals surface area contributed by atoms with Crippen molar-refractivity contribution in [3.8, 4) is 0 Å². The van der Waals surface area contributed by atoms with Crippen LogP contribution in [0.15, 0.2) is 72.9 Å². The highest BCUT2D eigenvalue weighted by molar-refractivity contribution is 5.95. The third-order valence-corrected chi connectivity index (χ3v) is 13.1. The maximum atomic E-state index is 11.4. The normalized spacial score (nSPS) is 10.7. The molecule has 11 N–H and O–H groups in total. The van der Waals surface area contributed by atoms with Gasteiger partial charge in [-0.2, -0.15) is 0 Å². The lowest BCUT2D eigenvalue weighted by atomic mass is 9.91. The number of carbonyl (C=O) groups excluding carboxylic acids is 8. The molecule has 0 radical (unpaired) electrons. The minimum atomic E-state index is -0.139. The second-order valence-corrected chi connectivity index (χ2v) is 21.7. The number of amides is 3. The van der Waals surface area contributed by atoms with Gasteiger partial charge in [0.05, 0.1) is 5.69 Å². The molecule has 5 rings (SSSR count). The molecule has 4 aromatic rings.